The minimum atomic E-state index is -0.391. The molecule has 11 aromatic carbocycles. The maximum absolute atomic E-state index is 6.66. The highest BCUT2D eigenvalue weighted by atomic mass is 32.1. The first-order chi connectivity index (χ1) is 37.7. The first kappa shape index (κ1) is 41.7. The summed E-state index contributed by atoms with van der Waals surface area (Å²) >= 11 is 1.79. The molecular weight excluding hydrogens is 947 g/mol. The quantitative estimate of drug-likeness (QED) is 0.172. The Hall–Kier alpha value is -9.75. The molecule has 5 nitrogen and oxygen atoms in total. The Labute approximate surface area is 439 Å². The number of nitrogens with zero attached hydrogens (tertiary/aromatic N) is 3. The lowest BCUT2D eigenvalue weighted by molar-refractivity contribution is 0.668. The summed E-state index contributed by atoms with van der Waals surface area (Å²) in [4.78, 5) is 16.1. The van der Waals surface area contributed by atoms with Gasteiger partial charge in [-0.2, -0.15) is 0 Å². The fraction of sp³-hybridized carbons (Fsp3) is 0.0143. The molecule has 76 heavy (non-hydrogen) atoms. The van der Waals surface area contributed by atoms with Gasteiger partial charge in [-0.05, 0) is 121 Å². The van der Waals surface area contributed by atoms with E-state index < -0.39 is 5.41 Å². The molecule has 0 atom stereocenters. The molecule has 2 aliphatic carbocycles. The zero-order valence-electron chi connectivity index (χ0n) is 40.6. The summed E-state index contributed by atoms with van der Waals surface area (Å²) in [7, 11) is 0. The van der Waals surface area contributed by atoms with E-state index in [0.29, 0.717) is 17.5 Å². The lowest BCUT2D eigenvalue weighted by atomic mass is 9.70. The molecule has 1 spiro atoms. The van der Waals surface area contributed by atoms with Crippen LogP contribution in [0.2, 0.25) is 0 Å². The van der Waals surface area contributed by atoms with Crippen LogP contribution in [-0.4, -0.2) is 15.0 Å². The molecule has 0 saturated carbocycles. The normalized spacial score (nSPS) is 13.1. The molecule has 6 heteroatoms. The van der Waals surface area contributed by atoms with Crippen molar-refractivity contribution in [2.45, 2.75) is 5.41 Å². The maximum Gasteiger partial charge on any atom is 0.164 e. The standard InChI is InChI=1S/C70H39N3O2S/c1-6-22-54-45(14-1)46-15-2-7-23-55(46)70(54)56-24-8-3-17-48(56)64-44(19-11-25-57(64)70)41-32-30-40(31-33-41)42-34-36-60-53(38-42)65-50(20-12-27-61(65)75-60)68-71-67(43-35-37-59-52(39-43)47-16-4-9-26-58(47)74-59)72-69(73-68)51-21-13-29-63-66(51)49-18-5-10-28-62(49)76-63/h1-39H. The molecule has 0 radical (unpaired) electrons. The summed E-state index contributed by atoms with van der Waals surface area (Å²) in [5.41, 5.74) is 20.7. The van der Waals surface area contributed by atoms with Crippen LogP contribution in [0.25, 0.3) is 143 Å². The number of thiophene rings is 1. The molecule has 0 bridgehead atoms. The van der Waals surface area contributed by atoms with Crippen LogP contribution >= 0.6 is 11.3 Å². The van der Waals surface area contributed by atoms with Crippen LogP contribution in [0.15, 0.2) is 245 Å². The van der Waals surface area contributed by atoms with Crippen molar-refractivity contribution in [2.24, 2.45) is 0 Å². The number of aromatic nitrogens is 3. The minimum Gasteiger partial charge on any atom is -0.456 e. The summed E-state index contributed by atoms with van der Waals surface area (Å²) in [6.07, 6.45) is 0. The molecule has 2 aliphatic rings. The Morgan fingerprint density at radius 2 is 0.776 bits per heavy atom. The molecule has 0 saturated heterocycles. The number of rotatable bonds is 5. The van der Waals surface area contributed by atoms with Gasteiger partial charge in [0.2, 0.25) is 0 Å². The Bertz CT molecular complexity index is 4920. The van der Waals surface area contributed by atoms with E-state index in [1.54, 1.807) is 11.3 Å². The number of furan rings is 2. The second-order valence-electron chi connectivity index (χ2n) is 20.1. The average Bonchev–Trinajstić information content (AvgIpc) is 3.97. The lowest BCUT2D eigenvalue weighted by Crippen LogP contribution is -2.25. The minimum absolute atomic E-state index is 0.391. The molecule has 0 fully saturated rings. The van der Waals surface area contributed by atoms with Gasteiger partial charge in [-0.3, -0.25) is 0 Å². The highest BCUT2D eigenvalue weighted by Crippen LogP contribution is 2.64. The molecule has 352 valence electrons. The third-order valence-corrected chi connectivity index (χ3v) is 17.3. The van der Waals surface area contributed by atoms with Gasteiger partial charge in [0.05, 0.1) is 5.41 Å². The predicted octanol–water partition coefficient (Wildman–Crippen LogP) is 18.7. The smallest absolute Gasteiger partial charge is 0.164 e. The molecule has 0 unspecified atom stereocenters. The van der Waals surface area contributed by atoms with Crippen LogP contribution < -0.4 is 0 Å². The molecule has 4 heterocycles. The fourth-order valence-electron chi connectivity index (χ4n) is 13.0. The van der Waals surface area contributed by atoms with Gasteiger partial charge in [-0.25, -0.2) is 15.0 Å². The van der Waals surface area contributed by atoms with E-state index >= 15 is 0 Å². The monoisotopic (exact) mass is 985 g/mol. The van der Waals surface area contributed by atoms with Crippen molar-refractivity contribution in [3.05, 3.63) is 259 Å². The Morgan fingerprint density at radius 1 is 0.289 bits per heavy atom. The first-order valence-corrected chi connectivity index (χ1v) is 26.5. The zero-order chi connectivity index (χ0) is 49.6. The third kappa shape index (κ3) is 5.76. The van der Waals surface area contributed by atoms with Crippen LogP contribution in [0.5, 0.6) is 0 Å². The second kappa shape index (κ2) is 15.6. The van der Waals surface area contributed by atoms with Crippen LogP contribution in [0.1, 0.15) is 22.3 Å². The van der Waals surface area contributed by atoms with E-state index in [2.05, 4.69) is 194 Å². The van der Waals surface area contributed by atoms with E-state index in [4.69, 9.17) is 23.8 Å². The highest BCUT2D eigenvalue weighted by molar-refractivity contribution is 7.25. The van der Waals surface area contributed by atoms with Crippen molar-refractivity contribution in [2.75, 3.05) is 0 Å². The molecule has 0 N–H and O–H groups in total. The first-order valence-electron chi connectivity index (χ1n) is 25.7. The van der Waals surface area contributed by atoms with Gasteiger partial charge in [0.25, 0.3) is 0 Å². The number of hydrogen-bond acceptors (Lipinski definition) is 6. The summed E-state index contributed by atoms with van der Waals surface area (Å²) in [6, 6.07) is 85.1. The Morgan fingerprint density at radius 3 is 1.57 bits per heavy atom. The Kier molecular flexibility index (Phi) is 8.58. The van der Waals surface area contributed by atoms with Crippen molar-refractivity contribution in [3.63, 3.8) is 0 Å². The maximum atomic E-state index is 6.66. The lowest BCUT2D eigenvalue weighted by Gasteiger charge is -2.30. The van der Waals surface area contributed by atoms with Gasteiger partial charge in [-0.15, -0.1) is 11.3 Å². The number of fused-ring (bicyclic) bond motifs is 19. The molecular formula is C70H39N3O2S. The predicted molar refractivity (Wildman–Crippen MR) is 311 cm³/mol. The van der Waals surface area contributed by atoms with Gasteiger partial charge in [0.1, 0.15) is 22.3 Å². The summed E-state index contributed by atoms with van der Waals surface area (Å²) in [6.45, 7) is 0. The van der Waals surface area contributed by atoms with Crippen LogP contribution in [0, 0.1) is 0 Å². The van der Waals surface area contributed by atoms with Crippen molar-refractivity contribution in [3.8, 4) is 78.7 Å². The van der Waals surface area contributed by atoms with Gasteiger partial charge in [0.15, 0.2) is 17.5 Å². The Balaban J connectivity index is 0.808. The summed E-state index contributed by atoms with van der Waals surface area (Å²) in [5, 5.41) is 6.33. The molecule has 0 aliphatic heterocycles. The molecule has 4 aromatic heterocycles. The summed E-state index contributed by atoms with van der Waals surface area (Å²) in [5.74, 6) is 1.76. The van der Waals surface area contributed by atoms with E-state index in [1.807, 2.05) is 42.5 Å². The van der Waals surface area contributed by atoms with Crippen molar-refractivity contribution in [1.29, 1.82) is 0 Å². The van der Waals surface area contributed by atoms with Crippen molar-refractivity contribution < 1.29 is 8.83 Å². The van der Waals surface area contributed by atoms with Gasteiger partial charge >= 0.3 is 0 Å². The topological polar surface area (TPSA) is 65.0 Å². The van der Waals surface area contributed by atoms with Crippen molar-refractivity contribution in [1.82, 2.24) is 15.0 Å². The second-order valence-corrected chi connectivity index (χ2v) is 21.2. The van der Waals surface area contributed by atoms with E-state index in [0.717, 1.165) is 77.1 Å². The van der Waals surface area contributed by atoms with E-state index in [-0.39, 0.29) is 0 Å². The van der Waals surface area contributed by atoms with Crippen molar-refractivity contribution >= 4 is 75.4 Å². The number of hydrogen-bond donors (Lipinski definition) is 0. The molecule has 17 rings (SSSR count). The van der Waals surface area contributed by atoms with E-state index in [1.165, 1.54) is 70.4 Å². The highest BCUT2D eigenvalue weighted by Gasteiger charge is 2.52. The van der Waals surface area contributed by atoms with Gasteiger partial charge in [-0.1, -0.05) is 182 Å². The van der Waals surface area contributed by atoms with Crippen LogP contribution in [-0.2, 0) is 5.41 Å². The van der Waals surface area contributed by atoms with E-state index in [9.17, 15) is 0 Å². The fourth-order valence-corrected chi connectivity index (χ4v) is 14.1. The summed E-state index contributed by atoms with van der Waals surface area (Å²) < 4.78 is 15.3. The number of para-hydroxylation sites is 1. The van der Waals surface area contributed by atoms with Crippen LogP contribution in [0.4, 0.5) is 0 Å². The third-order valence-electron chi connectivity index (χ3n) is 16.2. The van der Waals surface area contributed by atoms with Gasteiger partial charge in [0, 0.05) is 58.4 Å². The molecule has 15 aromatic rings. The number of benzene rings is 11. The zero-order valence-corrected chi connectivity index (χ0v) is 41.4. The average molecular weight is 986 g/mol. The SMILES string of the molecule is c1ccc2c(c1)-c1ccccc1C21c2ccccc2-c2c(-c3ccc(-c4ccc5oc6cccc(-c7nc(-c8ccc9oc%10ccccc%10c9c8)nc(-c8cccc9sc%10ccccc%10c89)n7)c6c5c4)cc3)cccc21. The molecule has 0 amide bonds. The van der Waals surface area contributed by atoms with Crippen LogP contribution in [0.3, 0.4) is 0 Å². The largest absolute Gasteiger partial charge is 0.456 e. The van der Waals surface area contributed by atoms with Gasteiger partial charge < -0.3 is 8.83 Å².